The van der Waals surface area contributed by atoms with Crippen molar-refractivity contribution in [3.05, 3.63) is 70.8 Å². The van der Waals surface area contributed by atoms with Gasteiger partial charge >= 0.3 is 0 Å². The molecule has 3 nitrogen and oxygen atoms in total. The molecule has 0 saturated carbocycles. The van der Waals surface area contributed by atoms with Crippen molar-refractivity contribution in [2.24, 2.45) is 0 Å². The van der Waals surface area contributed by atoms with E-state index in [2.05, 4.69) is 37.6 Å². The molecule has 0 aliphatic rings. The number of benzene rings is 2. The van der Waals surface area contributed by atoms with Crippen LogP contribution in [0.25, 0.3) is 0 Å². The van der Waals surface area contributed by atoms with Crippen molar-refractivity contribution in [1.29, 1.82) is 0 Å². The van der Waals surface area contributed by atoms with Gasteiger partial charge in [-0.1, -0.05) is 74.9 Å². The van der Waals surface area contributed by atoms with Gasteiger partial charge in [-0.15, -0.1) is 0 Å². The van der Waals surface area contributed by atoms with Crippen LogP contribution in [0.15, 0.2) is 48.5 Å². The number of sulfonamides is 1. The molecule has 0 aromatic heterocycles. The van der Waals surface area contributed by atoms with Crippen molar-refractivity contribution in [3.8, 4) is 0 Å². The molecule has 0 saturated heterocycles. The molecular formula is C20H27NO2S. The van der Waals surface area contributed by atoms with Crippen LogP contribution in [0.1, 0.15) is 56.0 Å². The normalized spacial score (nSPS) is 13.7. The lowest BCUT2D eigenvalue weighted by atomic mass is 9.86. The van der Waals surface area contributed by atoms with E-state index in [1.165, 1.54) is 5.56 Å². The third-order valence-electron chi connectivity index (χ3n) is 4.11. The molecule has 1 N–H and O–H groups in total. The third kappa shape index (κ3) is 5.18. The van der Waals surface area contributed by atoms with E-state index in [4.69, 9.17) is 0 Å². The molecule has 0 amide bonds. The lowest BCUT2D eigenvalue weighted by molar-refractivity contribution is 0.565. The third-order valence-corrected chi connectivity index (χ3v) is 5.54. The molecule has 2 rings (SSSR count). The molecule has 130 valence electrons. The average molecular weight is 346 g/mol. The second-order valence-corrected chi connectivity index (χ2v) is 9.21. The van der Waals surface area contributed by atoms with E-state index in [9.17, 15) is 8.42 Å². The second-order valence-electron chi connectivity index (χ2n) is 7.46. The molecule has 0 fully saturated rings. The first-order valence-electron chi connectivity index (χ1n) is 8.23. The van der Waals surface area contributed by atoms with Crippen molar-refractivity contribution < 1.29 is 8.42 Å². The number of hydrogen-bond donors (Lipinski definition) is 1. The van der Waals surface area contributed by atoms with Crippen molar-refractivity contribution >= 4 is 10.0 Å². The minimum absolute atomic E-state index is 0.00229. The summed E-state index contributed by atoms with van der Waals surface area (Å²) >= 11 is 0. The van der Waals surface area contributed by atoms with Crippen molar-refractivity contribution in [2.45, 2.75) is 51.8 Å². The Morgan fingerprint density at radius 1 is 0.958 bits per heavy atom. The molecule has 24 heavy (non-hydrogen) atoms. The summed E-state index contributed by atoms with van der Waals surface area (Å²) in [6.07, 6.45) is 0. The molecular weight excluding hydrogens is 318 g/mol. The first-order chi connectivity index (χ1) is 11.1. The predicted molar refractivity (Wildman–Crippen MR) is 100 cm³/mol. The van der Waals surface area contributed by atoms with Crippen LogP contribution in [0, 0.1) is 6.92 Å². The lowest BCUT2D eigenvalue weighted by Crippen LogP contribution is -2.28. The Balaban J connectivity index is 2.07. The molecule has 0 bridgehead atoms. The fourth-order valence-electron chi connectivity index (χ4n) is 2.55. The summed E-state index contributed by atoms with van der Waals surface area (Å²) in [6.45, 7) is 10.3. The number of aryl methyl sites for hydroxylation is 1. The summed E-state index contributed by atoms with van der Waals surface area (Å²) in [5, 5.41) is 0. The molecule has 4 heteroatoms. The Morgan fingerprint density at radius 2 is 1.50 bits per heavy atom. The molecule has 2 aromatic carbocycles. The summed E-state index contributed by atoms with van der Waals surface area (Å²) < 4.78 is 27.5. The van der Waals surface area contributed by atoms with Gasteiger partial charge in [-0.2, -0.15) is 0 Å². The van der Waals surface area contributed by atoms with Crippen LogP contribution in [0.2, 0.25) is 0 Å². The Hall–Kier alpha value is -1.65. The van der Waals surface area contributed by atoms with E-state index < -0.39 is 10.0 Å². The molecule has 0 unspecified atom stereocenters. The molecule has 0 aliphatic heterocycles. The van der Waals surface area contributed by atoms with Gasteiger partial charge in [-0.05, 0) is 36.0 Å². The fraction of sp³-hybridized carbons (Fsp3) is 0.400. The quantitative estimate of drug-likeness (QED) is 0.869. The van der Waals surface area contributed by atoms with Crippen LogP contribution < -0.4 is 4.72 Å². The van der Waals surface area contributed by atoms with Crippen molar-refractivity contribution in [2.75, 3.05) is 0 Å². The van der Waals surface area contributed by atoms with Gasteiger partial charge in [0, 0.05) is 6.04 Å². The van der Waals surface area contributed by atoms with E-state index in [0.29, 0.717) is 0 Å². The van der Waals surface area contributed by atoms with E-state index in [-0.39, 0.29) is 17.2 Å². The Kier molecular flexibility index (Phi) is 5.51. The van der Waals surface area contributed by atoms with Crippen LogP contribution in [-0.4, -0.2) is 8.42 Å². The van der Waals surface area contributed by atoms with Gasteiger partial charge < -0.3 is 0 Å². The highest BCUT2D eigenvalue weighted by Gasteiger charge is 2.18. The van der Waals surface area contributed by atoms with Gasteiger partial charge in [0.25, 0.3) is 0 Å². The van der Waals surface area contributed by atoms with E-state index in [1.54, 1.807) is 0 Å². The molecule has 2 aromatic rings. The van der Waals surface area contributed by atoms with Crippen LogP contribution in [0.4, 0.5) is 0 Å². The van der Waals surface area contributed by atoms with Crippen LogP contribution in [-0.2, 0) is 21.2 Å². The van der Waals surface area contributed by atoms with E-state index in [0.717, 1.165) is 16.7 Å². The van der Waals surface area contributed by atoms with Crippen LogP contribution >= 0.6 is 0 Å². The van der Waals surface area contributed by atoms with Gasteiger partial charge in [-0.25, -0.2) is 13.1 Å². The Labute approximate surface area is 146 Å². The van der Waals surface area contributed by atoms with Gasteiger partial charge in [-0.3, -0.25) is 0 Å². The summed E-state index contributed by atoms with van der Waals surface area (Å²) in [5.41, 5.74) is 4.21. The minimum Gasteiger partial charge on any atom is -0.212 e. The summed E-state index contributed by atoms with van der Waals surface area (Å²) in [7, 11) is -3.38. The monoisotopic (exact) mass is 345 g/mol. The first kappa shape index (κ1) is 18.7. The van der Waals surface area contributed by atoms with Crippen LogP contribution in [0.5, 0.6) is 0 Å². The summed E-state index contributed by atoms with van der Waals surface area (Å²) in [5.74, 6) is -0.00229. The predicted octanol–water partition coefficient (Wildman–Crippen LogP) is 4.47. The van der Waals surface area contributed by atoms with Gasteiger partial charge in [0.2, 0.25) is 10.0 Å². The SMILES string of the molecule is Cc1ccc(CS(=O)(=O)N[C@@H](C)c2ccc(C(C)(C)C)cc2)cc1. The lowest BCUT2D eigenvalue weighted by Gasteiger charge is -2.20. The van der Waals surface area contributed by atoms with Gasteiger partial charge in [0.15, 0.2) is 0 Å². The highest BCUT2D eigenvalue weighted by Crippen LogP contribution is 2.24. The smallest absolute Gasteiger partial charge is 0.212 e. The van der Waals surface area contributed by atoms with Gasteiger partial charge in [0.1, 0.15) is 0 Å². The number of rotatable bonds is 5. The van der Waals surface area contributed by atoms with Crippen molar-refractivity contribution in [1.82, 2.24) is 4.72 Å². The topological polar surface area (TPSA) is 46.2 Å². The fourth-order valence-corrected chi connectivity index (χ4v) is 3.94. The maximum Gasteiger partial charge on any atom is 0.216 e. The van der Waals surface area contributed by atoms with E-state index in [1.807, 2.05) is 50.2 Å². The maximum absolute atomic E-state index is 12.4. The maximum atomic E-state index is 12.4. The summed E-state index contributed by atoms with van der Waals surface area (Å²) in [6, 6.07) is 15.5. The van der Waals surface area contributed by atoms with Gasteiger partial charge in [0.05, 0.1) is 5.75 Å². The Morgan fingerprint density at radius 3 is 2.00 bits per heavy atom. The second kappa shape index (κ2) is 7.08. The molecule has 1 atom stereocenters. The number of hydrogen-bond acceptors (Lipinski definition) is 2. The number of nitrogens with one attached hydrogen (secondary N) is 1. The Bertz CT molecular complexity index is 770. The van der Waals surface area contributed by atoms with Crippen molar-refractivity contribution in [3.63, 3.8) is 0 Å². The highest BCUT2D eigenvalue weighted by molar-refractivity contribution is 7.88. The molecule has 0 heterocycles. The zero-order valence-corrected chi connectivity index (χ0v) is 15.9. The van der Waals surface area contributed by atoms with Crippen LogP contribution in [0.3, 0.4) is 0 Å². The molecule has 0 spiro atoms. The molecule has 0 radical (unpaired) electrons. The summed E-state index contributed by atoms with van der Waals surface area (Å²) in [4.78, 5) is 0. The largest absolute Gasteiger partial charge is 0.216 e. The molecule has 0 aliphatic carbocycles. The standard InChI is InChI=1S/C20H27NO2S/c1-15-6-8-17(9-7-15)14-24(22,23)21-16(2)18-10-12-19(13-11-18)20(3,4)5/h6-13,16,21H,14H2,1-5H3/t16-/m0/s1. The first-order valence-corrected chi connectivity index (χ1v) is 9.88. The average Bonchev–Trinajstić information content (AvgIpc) is 2.48. The van der Waals surface area contributed by atoms with E-state index >= 15 is 0 Å². The zero-order chi connectivity index (χ0) is 18.0. The zero-order valence-electron chi connectivity index (χ0n) is 15.1. The minimum atomic E-state index is -3.38. The highest BCUT2D eigenvalue weighted by atomic mass is 32.2.